The fraction of sp³-hybridized carbons (Fsp3) is 0.385. The first kappa shape index (κ1) is 23.0. The molecular weight excluding hydrogens is 448 g/mol. The van der Waals surface area contributed by atoms with E-state index in [9.17, 15) is 9.90 Å². The van der Waals surface area contributed by atoms with E-state index in [2.05, 4.69) is 27.3 Å². The predicted octanol–water partition coefficient (Wildman–Crippen LogP) is 3.44. The summed E-state index contributed by atoms with van der Waals surface area (Å²) in [6.07, 6.45) is 3.26. The molecule has 2 N–H and O–H groups in total. The van der Waals surface area contributed by atoms with E-state index in [1.165, 1.54) is 16.9 Å². The van der Waals surface area contributed by atoms with Crippen molar-refractivity contribution < 1.29 is 9.84 Å². The number of piperidine rings is 1. The molecule has 2 aromatic heterocycles. The van der Waals surface area contributed by atoms with E-state index in [1.54, 1.807) is 17.9 Å². The summed E-state index contributed by atoms with van der Waals surface area (Å²) >= 11 is 1.30. The van der Waals surface area contributed by atoms with Crippen molar-refractivity contribution in [2.45, 2.75) is 31.5 Å². The van der Waals surface area contributed by atoms with Crippen molar-refractivity contribution in [3.05, 3.63) is 69.5 Å². The normalized spacial score (nSPS) is 16.3. The second kappa shape index (κ2) is 9.84. The van der Waals surface area contributed by atoms with Gasteiger partial charge in [-0.15, -0.1) is 0 Å². The number of aliphatic hydroxyl groups excluding tert-OH is 1. The number of nitrogens with one attached hydrogen (secondary N) is 1. The van der Waals surface area contributed by atoms with Crippen LogP contribution in [0.25, 0.3) is 21.1 Å². The van der Waals surface area contributed by atoms with E-state index in [0.717, 1.165) is 64.9 Å². The van der Waals surface area contributed by atoms with Gasteiger partial charge in [-0.2, -0.15) is 0 Å². The van der Waals surface area contributed by atoms with Gasteiger partial charge in [-0.05, 0) is 73.5 Å². The number of rotatable bonds is 7. The number of likely N-dealkylation sites (tertiary alicyclic amines) is 1. The Labute approximate surface area is 202 Å². The van der Waals surface area contributed by atoms with Crippen LogP contribution in [-0.2, 0) is 13.6 Å². The second-order valence-electron chi connectivity index (χ2n) is 8.98. The minimum atomic E-state index is -0.577. The Morgan fingerprint density at radius 1 is 1.21 bits per heavy atom. The first-order valence-corrected chi connectivity index (χ1v) is 12.5. The van der Waals surface area contributed by atoms with Crippen molar-refractivity contribution in [3.8, 4) is 5.75 Å². The number of ether oxygens (including phenoxy) is 1. The number of aryl methyl sites for hydroxylation is 1. The third-order valence-corrected chi connectivity index (χ3v) is 7.81. The Morgan fingerprint density at radius 3 is 2.82 bits per heavy atom. The summed E-state index contributed by atoms with van der Waals surface area (Å²) in [5.41, 5.74) is 3.95. The average Bonchev–Trinajstić information content (AvgIpc) is 3.15. The molecule has 0 unspecified atom stereocenters. The van der Waals surface area contributed by atoms with Gasteiger partial charge in [0.1, 0.15) is 5.75 Å². The number of aromatic nitrogens is 2. The molecule has 1 aliphatic heterocycles. The number of β-amino-alcohol motifs (C(OH)–C–C–N with tert-alkyl or cyclic N) is 1. The summed E-state index contributed by atoms with van der Waals surface area (Å²) in [7, 11) is 3.46. The van der Waals surface area contributed by atoms with Gasteiger partial charge in [0.15, 0.2) is 0 Å². The van der Waals surface area contributed by atoms with Gasteiger partial charge in [0, 0.05) is 37.8 Å². The number of pyridine rings is 1. The molecule has 1 saturated heterocycles. The standard InChI is InChI=1S/C26H30N4O3S/c1-29-23-6-3-17(13-25(23)34-26(29)32)15-28-18-8-11-30(12-9-18)16-24(31)20-7-10-27-22-5-4-19(33-2)14-21(20)22/h3-7,10,13-14,18,24,28,31H,8-9,11-12,15-16H2,1-2H3/t24-/m0/s1. The third-order valence-electron chi connectivity index (χ3n) is 6.81. The summed E-state index contributed by atoms with van der Waals surface area (Å²) < 4.78 is 8.10. The molecule has 5 rings (SSSR count). The fourth-order valence-corrected chi connectivity index (χ4v) is 5.72. The van der Waals surface area contributed by atoms with Crippen molar-refractivity contribution in [2.75, 3.05) is 26.7 Å². The summed E-state index contributed by atoms with van der Waals surface area (Å²) in [6.45, 7) is 3.29. The van der Waals surface area contributed by atoms with E-state index < -0.39 is 6.10 Å². The Balaban J connectivity index is 1.16. The molecule has 8 heteroatoms. The van der Waals surface area contributed by atoms with Gasteiger partial charge in [-0.1, -0.05) is 17.4 Å². The Kier molecular flexibility index (Phi) is 6.65. The molecule has 7 nitrogen and oxygen atoms in total. The van der Waals surface area contributed by atoms with Crippen molar-refractivity contribution in [2.24, 2.45) is 7.05 Å². The number of hydrogen-bond acceptors (Lipinski definition) is 7. The molecule has 0 bridgehead atoms. The number of thiazole rings is 1. The van der Waals surface area contributed by atoms with Crippen LogP contribution < -0.4 is 14.9 Å². The van der Waals surface area contributed by atoms with Crippen LogP contribution in [0, 0.1) is 0 Å². The molecule has 1 aliphatic rings. The maximum Gasteiger partial charge on any atom is 0.307 e. The predicted molar refractivity (Wildman–Crippen MR) is 137 cm³/mol. The number of nitrogens with zero attached hydrogens (tertiary/aromatic N) is 3. The largest absolute Gasteiger partial charge is 0.497 e. The summed E-state index contributed by atoms with van der Waals surface area (Å²) in [4.78, 5) is 18.7. The maximum atomic E-state index is 11.9. The van der Waals surface area contributed by atoms with Crippen LogP contribution >= 0.6 is 11.3 Å². The number of aliphatic hydroxyl groups is 1. The van der Waals surface area contributed by atoms with E-state index in [0.29, 0.717) is 12.6 Å². The Morgan fingerprint density at radius 2 is 2.03 bits per heavy atom. The van der Waals surface area contributed by atoms with Gasteiger partial charge in [-0.25, -0.2) is 0 Å². The molecule has 34 heavy (non-hydrogen) atoms. The molecule has 178 valence electrons. The average molecular weight is 479 g/mol. The van der Waals surface area contributed by atoms with Gasteiger partial charge < -0.3 is 24.6 Å². The highest BCUT2D eigenvalue weighted by molar-refractivity contribution is 7.16. The van der Waals surface area contributed by atoms with E-state index in [-0.39, 0.29) is 4.87 Å². The number of fused-ring (bicyclic) bond motifs is 2. The van der Waals surface area contributed by atoms with Crippen LogP contribution in [0.2, 0.25) is 0 Å². The second-order valence-corrected chi connectivity index (χ2v) is 9.98. The highest BCUT2D eigenvalue weighted by Gasteiger charge is 2.22. The van der Waals surface area contributed by atoms with Crippen LogP contribution in [-0.4, -0.2) is 52.3 Å². The molecule has 0 spiro atoms. The maximum absolute atomic E-state index is 11.9. The molecule has 4 aromatic rings. The zero-order valence-electron chi connectivity index (χ0n) is 19.5. The molecule has 0 amide bonds. The van der Waals surface area contributed by atoms with Gasteiger partial charge in [-0.3, -0.25) is 9.78 Å². The van der Waals surface area contributed by atoms with Gasteiger partial charge >= 0.3 is 4.87 Å². The van der Waals surface area contributed by atoms with Gasteiger partial charge in [0.25, 0.3) is 0 Å². The topological polar surface area (TPSA) is 79.6 Å². The Bertz CT molecular complexity index is 1360. The molecule has 2 aromatic carbocycles. The lowest BCUT2D eigenvalue weighted by Gasteiger charge is -2.33. The van der Waals surface area contributed by atoms with Crippen LogP contribution in [0.5, 0.6) is 5.75 Å². The molecule has 0 saturated carbocycles. The van der Waals surface area contributed by atoms with Crippen molar-refractivity contribution in [1.82, 2.24) is 19.8 Å². The van der Waals surface area contributed by atoms with Crippen molar-refractivity contribution in [1.29, 1.82) is 0 Å². The first-order chi connectivity index (χ1) is 16.5. The quantitative estimate of drug-likeness (QED) is 0.424. The van der Waals surface area contributed by atoms with E-state index in [1.807, 2.05) is 37.4 Å². The lowest BCUT2D eigenvalue weighted by molar-refractivity contribution is 0.0949. The van der Waals surface area contributed by atoms with E-state index >= 15 is 0 Å². The fourth-order valence-electron chi connectivity index (χ4n) is 4.78. The van der Waals surface area contributed by atoms with Crippen molar-refractivity contribution in [3.63, 3.8) is 0 Å². The lowest BCUT2D eigenvalue weighted by Crippen LogP contribution is -2.43. The molecule has 3 heterocycles. The number of methoxy groups -OCH3 is 1. The first-order valence-electron chi connectivity index (χ1n) is 11.7. The minimum Gasteiger partial charge on any atom is -0.497 e. The smallest absolute Gasteiger partial charge is 0.307 e. The summed E-state index contributed by atoms with van der Waals surface area (Å²) in [5.74, 6) is 0.765. The monoisotopic (exact) mass is 478 g/mol. The third kappa shape index (κ3) is 4.72. The van der Waals surface area contributed by atoms with Crippen LogP contribution in [0.15, 0.2) is 53.5 Å². The highest BCUT2D eigenvalue weighted by atomic mass is 32.1. The van der Waals surface area contributed by atoms with E-state index in [4.69, 9.17) is 4.74 Å². The highest BCUT2D eigenvalue weighted by Crippen LogP contribution is 2.28. The van der Waals surface area contributed by atoms with Crippen LogP contribution in [0.4, 0.5) is 0 Å². The number of benzene rings is 2. The zero-order chi connectivity index (χ0) is 23.7. The zero-order valence-corrected chi connectivity index (χ0v) is 20.3. The molecule has 0 aliphatic carbocycles. The molecular formula is C26H30N4O3S. The summed E-state index contributed by atoms with van der Waals surface area (Å²) in [6, 6.07) is 14.4. The SMILES string of the molecule is COc1ccc2nccc([C@@H](O)CN3CCC(NCc4ccc5c(c4)sc(=O)n5C)CC3)c2c1. The molecule has 0 radical (unpaired) electrons. The molecule has 1 fully saturated rings. The van der Waals surface area contributed by atoms with Gasteiger partial charge in [0.05, 0.1) is 28.9 Å². The van der Waals surface area contributed by atoms with Crippen LogP contribution in [0.1, 0.15) is 30.1 Å². The lowest BCUT2D eigenvalue weighted by atomic mass is 10.0. The molecule has 1 atom stereocenters. The number of hydrogen-bond donors (Lipinski definition) is 2. The Hall–Kier alpha value is -2.78. The van der Waals surface area contributed by atoms with Crippen molar-refractivity contribution >= 4 is 32.5 Å². The summed E-state index contributed by atoms with van der Waals surface area (Å²) in [5, 5.41) is 15.6. The minimum absolute atomic E-state index is 0.0774. The van der Waals surface area contributed by atoms with Gasteiger partial charge in [0.2, 0.25) is 0 Å². The van der Waals surface area contributed by atoms with Crippen LogP contribution in [0.3, 0.4) is 0 Å².